The van der Waals surface area contributed by atoms with Gasteiger partial charge in [0.25, 0.3) is 5.56 Å². The number of likely N-dealkylation sites (tertiary alicyclic amines) is 1. The number of pyridine rings is 1. The molecule has 128 valence electrons. The molecule has 2 aromatic heterocycles. The third-order valence-electron chi connectivity index (χ3n) is 5.35. The van der Waals surface area contributed by atoms with E-state index in [2.05, 4.69) is 19.7 Å². The molecule has 0 aliphatic carbocycles. The molecule has 0 spiro atoms. The molecule has 2 aliphatic heterocycles. The van der Waals surface area contributed by atoms with E-state index in [0.717, 1.165) is 49.7 Å². The Morgan fingerprint density at radius 2 is 2.08 bits per heavy atom. The Hall–Kier alpha value is -1.95. The molecule has 2 aliphatic rings. The van der Waals surface area contributed by atoms with Crippen LogP contribution in [0.1, 0.15) is 55.4 Å². The van der Waals surface area contributed by atoms with Crippen molar-refractivity contribution < 1.29 is 0 Å². The molecular formula is C18H25N5O. The molecule has 0 aromatic carbocycles. The third-order valence-corrected chi connectivity index (χ3v) is 5.35. The molecule has 6 nitrogen and oxygen atoms in total. The summed E-state index contributed by atoms with van der Waals surface area (Å²) in [5.41, 5.74) is 1.14. The summed E-state index contributed by atoms with van der Waals surface area (Å²) in [4.78, 5) is 14.3. The Bertz CT molecular complexity index is 778. The van der Waals surface area contributed by atoms with E-state index in [9.17, 15) is 4.79 Å². The summed E-state index contributed by atoms with van der Waals surface area (Å²) in [6.45, 7) is 2.92. The van der Waals surface area contributed by atoms with Crippen molar-refractivity contribution in [2.75, 3.05) is 6.54 Å². The molecule has 1 fully saturated rings. The monoisotopic (exact) mass is 327 g/mol. The van der Waals surface area contributed by atoms with Crippen molar-refractivity contribution in [3.8, 4) is 0 Å². The molecule has 24 heavy (non-hydrogen) atoms. The fraction of sp³-hybridized carbons (Fsp3) is 0.611. The molecule has 1 atom stereocenters. The van der Waals surface area contributed by atoms with Crippen LogP contribution in [-0.2, 0) is 26.6 Å². The molecule has 2 aromatic rings. The number of fused-ring (bicyclic) bond motifs is 1. The lowest BCUT2D eigenvalue weighted by Gasteiger charge is -2.24. The minimum absolute atomic E-state index is 0.0552. The summed E-state index contributed by atoms with van der Waals surface area (Å²) < 4.78 is 3.98. The summed E-state index contributed by atoms with van der Waals surface area (Å²) in [6, 6.07) is 4.12. The fourth-order valence-corrected chi connectivity index (χ4v) is 3.98. The van der Waals surface area contributed by atoms with Crippen LogP contribution in [0.4, 0.5) is 0 Å². The van der Waals surface area contributed by atoms with E-state index < -0.39 is 0 Å². The van der Waals surface area contributed by atoms with Gasteiger partial charge in [-0.05, 0) is 43.9 Å². The van der Waals surface area contributed by atoms with Crippen molar-refractivity contribution in [3.05, 3.63) is 45.9 Å². The first kappa shape index (κ1) is 15.6. The van der Waals surface area contributed by atoms with Gasteiger partial charge >= 0.3 is 0 Å². The molecule has 0 bridgehead atoms. The van der Waals surface area contributed by atoms with Crippen molar-refractivity contribution in [1.82, 2.24) is 24.2 Å². The zero-order valence-corrected chi connectivity index (χ0v) is 14.3. The molecule has 0 N–H and O–H groups in total. The van der Waals surface area contributed by atoms with Crippen molar-refractivity contribution in [2.24, 2.45) is 7.05 Å². The first-order valence-corrected chi connectivity index (χ1v) is 9.04. The lowest BCUT2D eigenvalue weighted by atomic mass is 10.2. The van der Waals surface area contributed by atoms with Gasteiger partial charge in [-0.15, -0.1) is 10.2 Å². The topological polar surface area (TPSA) is 56.0 Å². The third kappa shape index (κ3) is 2.90. The Labute approximate surface area is 142 Å². The Morgan fingerprint density at radius 3 is 2.96 bits per heavy atom. The molecule has 0 saturated carbocycles. The van der Waals surface area contributed by atoms with Crippen LogP contribution < -0.4 is 5.56 Å². The van der Waals surface area contributed by atoms with Crippen molar-refractivity contribution in [2.45, 2.75) is 57.7 Å². The molecule has 6 heteroatoms. The summed E-state index contributed by atoms with van der Waals surface area (Å²) in [6.07, 6.45) is 8.94. The molecule has 4 heterocycles. The maximum Gasteiger partial charge on any atom is 0.250 e. The van der Waals surface area contributed by atoms with Gasteiger partial charge in [-0.2, -0.15) is 0 Å². The zero-order valence-electron chi connectivity index (χ0n) is 14.3. The minimum atomic E-state index is 0.0552. The van der Waals surface area contributed by atoms with E-state index in [1.807, 2.05) is 12.3 Å². The van der Waals surface area contributed by atoms with Gasteiger partial charge in [0.15, 0.2) is 0 Å². The van der Waals surface area contributed by atoms with Crippen LogP contribution in [0.5, 0.6) is 0 Å². The molecular weight excluding hydrogens is 302 g/mol. The van der Waals surface area contributed by atoms with Crippen molar-refractivity contribution >= 4 is 0 Å². The van der Waals surface area contributed by atoms with Crippen LogP contribution in [0.2, 0.25) is 0 Å². The van der Waals surface area contributed by atoms with Gasteiger partial charge in [-0.1, -0.05) is 6.42 Å². The second kappa shape index (κ2) is 6.51. The SMILES string of the molecule is Cn1ccc(CN2CCC[C@@H]2c2nnc3n2CCCCC3)cc1=O. The van der Waals surface area contributed by atoms with Crippen LogP contribution in [-0.4, -0.2) is 30.8 Å². The Morgan fingerprint density at radius 1 is 1.17 bits per heavy atom. The van der Waals surface area contributed by atoms with Crippen molar-refractivity contribution in [1.29, 1.82) is 0 Å². The van der Waals surface area contributed by atoms with Gasteiger partial charge in [0, 0.05) is 38.8 Å². The number of hydrogen-bond acceptors (Lipinski definition) is 4. The quantitative estimate of drug-likeness (QED) is 0.866. The standard InChI is InChI=1S/C18H25N5O/c1-21-11-8-14(12-17(21)24)13-22-9-5-6-15(22)18-20-19-16-7-3-2-4-10-23(16)18/h8,11-12,15H,2-7,9-10,13H2,1H3/t15-/m1/s1. The zero-order chi connectivity index (χ0) is 16.5. The Kier molecular flexibility index (Phi) is 4.22. The van der Waals surface area contributed by atoms with Crippen LogP contribution in [0.15, 0.2) is 23.1 Å². The highest BCUT2D eigenvalue weighted by atomic mass is 16.1. The minimum Gasteiger partial charge on any atom is -0.319 e. The van der Waals surface area contributed by atoms with Gasteiger partial charge < -0.3 is 9.13 Å². The van der Waals surface area contributed by atoms with Crippen LogP contribution in [0.3, 0.4) is 0 Å². The molecule has 4 rings (SSSR count). The molecule has 0 radical (unpaired) electrons. The van der Waals surface area contributed by atoms with E-state index in [-0.39, 0.29) is 5.56 Å². The van der Waals surface area contributed by atoms with E-state index in [0.29, 0.717) is 6.04 Å². The van der Waals surface area contributed by atoms with Gasteiger partial charge in [-0.3, -0.25) is 9.69 Å². The van der Waals surface area contributed by atoms with E-state index in [1.54, 1.807) is 17.7 Å². The molecule has 0 amide bonds. The largest absolute Gasteiger partial charge is 0.319 e. The normalized spacial score (nSPS) is 21.6. The van der Waals surface area contributed by atoms with Gasteiger partial charge in [0.05, 0.1) is 6.04 Å². The van der Waals surface area contributed by atoms with Crippen LogP contribution in [0.25, 0.3) is 0 Å². The van der Waals surface area contributed by atoms with Crippen LogP contribution >= 0.6 is 0 Å². The summed E-state index contributed by atoms with van der Waals surface area (Å²) in [5, 5.41) is 9.01. The first-order chi connectivity index (χ1) is 11.7. The molecule has 1 saturated heterocycles. The maximum atomic E-state index is 11.9. The summed E-state index contributed by atoms with van der Waals surface area (Å²) in [7, 11) is 1.79. The number of aromatic nitrogens is 4. The number of aryl methyl sites for hydroxylation is 2. The smallest absolute Gasteiger partial charge is 0.250 e. The predicted octanol–water partition coefficient (Wildman–Crippen LogP) is 2.04. The van der Waals surface area contributed by atoms with E-state index >= 15 is 0 Å². The highest BCUT2D eigenvalue weighted by molar-refractivity contribution is 5.13. The summed E-state index contributed by atoms with van der Waals surface area (Å²) in [5.74, 6) is 2.29. The predicted molar refractivity (Wildman–Crippen MR) is 91.6 cm³/mol. The van der Waals surface area contributed by atoms with Gasteiger partial charge in [0.2, 0.25) is 0 Å². The maximum absolute atomic E-state index is 11.9. The average Bonchev–Trinajstić information content (AvgIpc) is 3.11. The molecule has 0 unspecified atom stereocenters. The van der Waals surface area contributed by atoms with Gasteiger partial charge in [-0.25, -0.2) is 0 Å². The second-order valence-electron chi connectivity index (χ2n) is 7.05. The van der Waals surface area contributed by atoms with Crippen molar-refractivity contribution in [3.63, 3.8) is 0 Å². The van der Waals surface area contributed by atoms with Gasteiger partial charge in [0.1, 0.15) is 11.6 Å². The number of rotatable bonds is 3. The lowest BCUT2D eigenvalue weighted by molar-refractivity contribution is 0.234. The highest BCUT2D eigenvalue weighted by Crippen LogP contribution is 2.33. The Balaban J connectivity index is 1.58. The highest BCUT2D eigenvalue weighted by Gasteiger charge is 2.31. The second-order valence-corrected chi connectivity index (χ2v) is 7.05. The van der Waals surface area contributed by atoms with E-state index in [4.69, 9.17) is 0 Å². The summed E-state index contributed by atoms with van der Waals surface area (Å²) >= 11 is 0. The lowest BCUT2D eigenvalue weighted by Crippen LogP contribution is -2.26. The number of hydrogen-bond donors (Lipinski definition) is 0. The fourth-order valence-electron chi connectivity index (χ4n) is 3.98. The van der Waals surface area contributed by atoms with E-state index in [1.165, 1.54) is 25.7 Å². The average molecular weight is 327 g/mol. The first-order valence-electron chi connectivity index (χ1n) is 9.04. The number of nitrogens with zero attached hydrogens (tertiary/aromatic N) is 5. The van der Waals surface area contributed by atoms with Crippen LogP contribution in [0, 0.1) is 0 Å².